The van der Waals surface area contributed by atoms with Crippen molar-refractivity contribution in [2.45, 2.75) is 59.4 Å². The highest BCUT2D eigenvalue weighted by atomic mass is 16.2. The van der Waals surface area contributed by atoms with Gasteiger partial charge in [-0.1, -0.05) is 0 Å². The van der Waals surface area contributed by atoms with Crippen LogP contribution in [0.25, 0.3) is 0 Å². The third-order valence-electron chi connectivity index (χ3n) is 5.33. The molecule has 2 fully saturated rings. The summed E-state index contributed by atoms with van der Waals surface area (Å²) in [6.07, 6.45) is 5.89. The average molecular weight is 316 g/mol. The number of amides is 1. The van der Waals surface area contributed by atoms with Gasteiger partial charge in [-0.2, -0.15) is 0 Å². The maximum absolute atomic E-state index is 12.2. The van der Waals surface area contributed by atoms with E-state index in [1.165, 1.54) is 6.42 Å². The number of likely N-dealkylation sites (tertiary alicyclic amines) is 1. The quantitative estimate of drug-likeness (QED) is 0.842. The van der Waals surface area contributed by atoms with Gasteiger partial charge in [0.05, 0.1) is 11.4 Å². The van der Waals surface area contributed by atoms with Gasteiger partial charge in [0.15, 0.2) is 0 Å². The zero-order valence-electron chi connectivity index (χ0n) is 14.8. The Morgan fingerprint density at radius 2 is 2.00 bits per heavy atom. The first kappa shape index (κ1) is 16.2. The third kappa shape index (κ3) is 3.19. The van der Waals surface area contributed by atoms with E-state index in [4.69, 9.17) is 4.98 Å². The Kier molecular flexibility index (Phi) is 4.30. The highest BCUT2D eigenvalue weighted by Crippen LogP contribution is 2.40. The molecule has 5 heteroatoms. The van der Waals surface area contributed by atoms with E-state index in [-0.39, 0.29) is 11.5 Å². The van der Waals surface area contributed by atoms with E-state index in [2.05, 4.69) is 28.6 Å². The van der Waals surface area contributed by atoms with Gasteiger partial charge in [-0.25, -0.2) is 4.98 Å². The molecule has 1 aromatic rings. The van der Waals surface area contributed by atoms with Gasteiger partial charge in [0.2, 0.25) is 5.91 Å². The predicted octanol–water partition coefficient (Wildman–Crippen LogP) is 2.71. The molecule has 1 amide bonds. The van der Waals surface area contributed by atoms with E-state index >= 15 is 0 Å². The molecule has 3 rings (SSSR count). The molecule has 3 heterocycles. The number of piperidine rings is 2. The summed E-state index contributed by atoms with van der Waals surface area (Å²) in [5, 5.41) is 0. The highest BCUT2D eigenvalue weighted by molar-refractivity contribution is 5.77. The molecule has 0 N–H and O–H groups in total. The minimum atomic E-state index is 0.217. The van der Waals surface area contributed by atoms with E-state index < -0.39 is 0 Å². The number of aryl methyl sites for hydroxylation is 2. The van der Waals surface area contributed by atoms with E-state index in [0.717, 1.165) is 49.7 Å². The standard InChI is InChI=1S/C18H28N4O/c1-13(2)22-12-18(8-6-16(22)23)7-5-9-21(11-18)17-15(4)19-10-14(3)20-17/h10,13H,5-9,11-12H2,1-4H3/t18-/m1/s1. The lowest BCUT2D eigenvalue weighted by Gasteiger charge is -2.49. The topological polar surface area (TPSA) is 49.3 Å². The molecule has 23 heavy (non-hydrogen) atoms. The monoisotopic (exact) mass is 316 g/mol. The number of hydrogen-bond donors (Lipinski definition) is 0. The van der Waals surface area contributed by atoms with Gasteiger partial charge in [-0.3, -0.25) is 9.78 Å². The Hall–Kier alpha value is -1.65. The van der Waals surface area contributed by atoms with Gasteiger partial charge < -0.3 is 9.80 Å². The largest absolute Gasteiger partial charge is 0.354 e. The Balaban J connectivity index is 1.83. The normalized spacial score (nSPS) is 25.5. The molecule has 1 aromatic heterocycles. The van der Waals surface area contributed by atoms with Crippen molar-refractivity contribution in [2.75, 3.05) is 24.5 Å². The molecule has 1 atom stereocenters. The molecule has 2 aliphatic heterocycles. The lowest BCUT2D eigenvalue weighted by molar-refractivity contribution is -0.140. The molecule has 0 aromatic carbocycles. The number of hydrogen-bond acceptors (Lipinski definition) is 4. The van der Waals surface area contributed by atoms with E-state index in [9.17, 15) is 4.79 Å². The molecular weight excluding hydrogens is 288 g/mol. The minimum Gasteiger partial charge on any atom is -0.354 e. The fourth-order valence-corrected chi connectivity index (χ4v) is 4.06. The fraction of sp³-hybridized carbons (Fsp3) is 0.722. The summed E-state index contributed by atoms with van der Waals surface area (Å²) in [4.78, 5) is 25.9. The van der Waals surface area contributed by atoms with Gasteiger partial charge in [-0.15, -0.1) is 0 Å². The zero-order chi connectivity index (χ0) is 16.6. The Morgan fingerprint density at radius 3 is 2.74 bits per heavy atom. The van der Waals surface area contributed by atoms with Crippen molar-refractivity contribution in [2.24, 2.45) is 5.41 Å². The van der Waals surface area contributed by atoms with Crippen LogP contribution in [-0.4, -0.2) is 46.5 Å². The summed E-state index contributed by atoms with van der Waals surface area (Å²) in [7, 11) is 0. The van der Waals surface area contributed by atoms with Crippen LogP contribution in [0.1, 0.15) is 50.9 Å². The molecule has 0 unspecified atom stereocenters. The molecule has 2 aliphatic rings. The summed E-state index contributed by atoms with van der Waals surface area (Å²) in [5.41, 5.74) is 2.18. The highest BCUT2D eigenvalue weighted by Gasteiger charge is 2.42. The van der Waals surface area contributed by atoms with Crippen LogP contribution in [0, 0.1) is 19.3 Å². The zero-order valence-corrected chi connectivity index (χ0v) is 14.8. The van der Waals surface area contributed by atoms with Gasteiger partial charge in [0, 0.05) is 43.7 Å². The van der Waals surface area contributed by atoms with Crippen molar-refractivity contribution in [3.8, 4) is 0 Å². The second-order valence-electron chi connectivity index (χ2n) is 7.56. The molecule has 0 bridgehead atoms. The first-order chi connectivity index (χ1) is 10.9. The van der Waals surface area contributed by atoms with Crippen LogP contribution in [-0.2, 0) is 4.79 Å². The molecule has 0 saturated carbocycles. The summed E-state index contributed by atoms with van der Waals surface area (Å²) in [6.45, 7) is 11.2. The van der Waals surface area contributed by atoms with Crippen molar-refractivity contribution < 1.29 is 4.79 Å². The maximum Gasteiger partial charge on any atom is 0.222 e. The van der Waals surface area contributed by atoms with Gasteiger partial charge >= 0.3 is 0 Å². The lowest BCUT2D eigenvalue weighted by Crippen LogP contribution is -2.55. The molecule has 0 aliphatic carbocycles. The van der Waals surface area contributed by atoms with E-state index in [0.29, 0.717) is 12.3 Å². The Bertz CT molecular complexity index is 601. The SMILES string of the molecule is Cc1cnc(C)c(N2CCC[C@@]3(CCC(=O)N(C(C)C)C3)C2)n1. The van der Waals surface area contributed by atoms with Crippen molar-refractivity contribution in [1.82, 2.24) is 14.9 Å². The van der Waals surface area contributed by atoms with Crippen molar-refractivity contribution >= 4 is 11.7 Å². The molecule has 126 valence electrons. The fourth-order valence-electron chi connectivity index (χ4n) is 4.06. The van der Waals surface area contributed by atoms with E-state index in [1.54, 1.807) is 0 Å². The van der Waals surface area contributed by atoms with Crippen LogP contribution in [0.2, 0.25) is 0 Å². The van der Waals surface area contributed by atoms with Crippen LogP contribution >= 0.6 is 0 Å². The number of carbonyl (C=O) groups excluding carboxylic acids is 1. The number of rotatable bonds is 2. The van der Waals surface area contributed by atoms with Crippen molar-refractivity contribution in [3.05, 3.63) is 17.6 Å². The third-order valence-corrected chi connectivity index (χ3v) is 5.33. The van der Waals surface area contributed by atoms with E-state index in [1.807, 2.05) is 20.0 Å². The average Bonchev–Trinajstić information content (AvgIpc) is 2.52. The summed E-state index contributed by atoms with van der Waals surface area (Å²) in [5.74, 6) is 1.34. The van der Waals surface area contributed by atoms with Gasteiger partial charge in [-0.05, 0) is 47.0 Å². The number of carbonyl (C=O) groups is 1. The van der Waals surface area contributed by atoms with Crippen LogP contribution in [0.3, 0.4) is 0 Å². The molecule has 0 radical (unpaired) electrons. The van der Waals surface area contributed by atoms with Crippen LogP contribution in [0.15, 0.2) is 6.20 Å². The van der Waals surface area contributed by atoms with Crippen LogP contribution < -0.4 is 4.90 Å². The summed E-state index contributed by atoms with van der Waals surface area (Å²) < 4.78 is 0. The predicted molar refractivity (Wildman–Crippen MR) is 91.5 cm³/mol. The molecular formula is C18H28N4O. The summed E-state index contributed by atoms with van der Waals surface area (Å²) in [6, 6.07) is 0.288. The Labute approximate surface area is 139 Å². The first-order valence-corrected chi connectivity index (χ1v) is 8.75. The van der Waals surface area contributed by atoms with Crippen molar-refractivity contribution in [3.63, 3.8) is 0 Å². The summed E-state index contributed by atoms with van der Waals surface area (Å²) >= 11 is 0. The second kappa shape index (κ2) is 6.10. The second-order valence-corrected chi connectivity index (χ2v) is 7.56. The molecule has 2 saturated heterocycles. The van der Waals surface area contributed by atoms with Gasteiger partial charge in [0.25, 0.3) is 0 Å². The van der Waals surface area contributed by atoms with Crippen molar-refractivity contribution in [1.29, 1.82) is 0 Å². The maximum atomic E-state index is 12.2. The van der Waals surface area contributed by atoms with Crippen LogP contribution in [0.4, 0.5) is 5.82 Å². The molecule has 1 spiro atoms. The number of aromatic nitrogens is 2. The lowest BCUT2D eigenvalue weighted by atomic mass is 9.73. The molecule has 5 nitrogen and oxygen atoms in total. The number of nitrogens with zero attached hydrogens (tertiary/aromatic N) is 4. The Morgan fingerprint density at radius 1 is 1.22 bits per heavy atom. The van der Waals surface area contributed by atoms with Crippen LogP contribution in [0.5, 0.6) is 0 Å². The minimum absolute atomic E-state index is 0.217. The first-order valence-electron chi connectivity index (χ1n) is 8.75. The van der Waals surface area contributed by atoms with Gasteiger partial charge in [0.1, 0.15) is 5.82 Å². The smallest absolute Gasteiger partial charge is 0.222 e. The number of anilines is 1.